The lowest BCUT2D eigenvalue weighted by Gasteiger charge is -2.25. The molecular formula is C25H21ClN2O6S. The van der Waals surface area contributed by atoms with Crippen LogP contribution in [0.2, 0.25) is 5.02 Å². The van der Waals surface area contributed by atoms with Crippen LogP contribution in [-0.2, 0) is 9.53 Å². The highest BCUT2D eigenvalue weighted by atomic mass is 35.5. The molecular weight excluding hydrogens is 492 g/mol. The van der Waals surface area contributed by atoms with Gasteiger partial charge in [0.2, 0.25) is 0 Å². The van der Waals surface area contributed by atoms with Gasteiger partial charge in [-0.05, 0) is 48.9 Å². The predicted molar refractivity (Wildman–Crippen MR) is 131 cm³/mol. The van der Waals surface area contributed by atoms with Gasteiger partial charge in [0, 0.05) is 10.6 Å². The van der Waals surface area contributed by atoms with Gasteiger partial charge in [-0.2, -0.15) is 0 Å². The first-order chi connectivity index (χ1) is 16.9. The Balaban J connectivity index is 1.73. The predicted octanol–water partition coefficient (Wildman–Crippen LogP) is 2.84. The molecule has 5 rings (SSSR count). The molecule has 2 aliphatic rings. The van der Waals surface area contributed by atoms with Crippen molar-refractivity contribution in [2.45, 2.75) is 13.0 Å². The molecule has 0 bridgehead atoms. The smallest absolute Gasteiger partial charge is 0.338 e. The zero-order chi connectivity index (χ0) is 24.7. The first kappa shape index (κ1) is 23.2. The van der Waals surface area contributed by atoms with Crippen molar-refractivity contribution in [2.75, 3.05) is 27.4 Å². The second-order valence-electron chi connectivity index (χ2n) is 7.86. The molecule has 1 atom stereocenters. The van der Waals surface area contributed by atoms with E-state index in [1.54, 1.807) is 31.2 Å². The van der Waals surface area contributed by atoms with Crippen molar-refractivity contribution >= 4 is 35.0 Å². The minimum atomic E-state index is -0.824. The molecule has 180 valence electrons. The summed E-state index contributed by atoms with van der Waals surface area (Å²) in [5, 5.41) is 0.443. The second-order valence-corrected chi connectivity index (χ2v) is 9.31. The van der Waals surface area contributed by atoms with Gasteiger partial charge in [0.1, 0.15) is 25.0 Å². The number of methoxy groups -OCH3 is 2. The standard InChI is InChI=1S/C25H21ClN2O6S/c1-13-21(24(30)32-3)22(16-12-15(26)5-7-17(16)31-2)28-23(29)20(35-25(28)27-13)11-14-4-6-18-19(10-14)34-9-8-33-18/h4-7,10-12,22H,8-9H2,1-3H3/b20-11-/t22-/m1/s1. The summed E-state index contributed by atoms with van der Waals surface area (Å²) in [5.74, 6) is 1.20. The van der Waals surface area contributed by atoms with Crippen molar-refractivity contribution < 1.29 is 23.7 Å². The van der Waals surface area contributed by atoms with Gasteiger partial charge in [-0.1, -0.05) is 29.0 Å². The zero-order valence-corrected chi connectivity index (χ0v) is 20.7. The quantitative estimate of drug-likeness (QED) is 0.499. The van der Waals surface area contributed by atoms with E-state index in [0.717, 1.165) is 5.56 Å². The molecule has 0 saturated carbocycles. The number of allylic oxidation sites excluding steroid dienone is 1. The van der Waals surface area contributed by atoms with Crippen LogP contribution in [0, 0.1) is 0 Å². The Kier molecular flexibility index (Phi) is 6.12. The first-order valence-corrected chi connectivity index (χ1v) is 11.9. The molecule has 0 N–H and O–H groups in total. The normalized spacial score (nSPS) is 17.0. The summed E-state index contributed by atoms with van der Waals surface area (Å²) in [4.78, 5) is 31.6. The Hall–Kier alpha value is -3.56. The minimum Gasteiger partial charge on any atom is -0.496 e. The van der Waals surface area contributed by atoms with Crippen molar-refractivity contribution in [2.24, 2.45) is 4.99 Å². The molecule has 0 saturated heterocycles. The van der Waals surface area contributed by atoms with Crippen LogP contribution in [0.4, 0.5) is 0 Å². The molecule has 35 heavy (non-hydrogen) atoms. The number of thiazole rings is 1. The number of carbonyl (C=O) groups is 1. The molecule has 0 unspecified atom stereocenters. The van der Waals surface area contributed by atoms with Crippen molar-refractivity contribution in [1.82, 2.24) is 4.57 Å². The zero-order valence-electron chi connectivity index (χ0n) is 19.2. The molecule has 3 aromatic rings. The van der Waals surface area contributed by atoms with Crippen LogP contribution in [0.25, 0.3) is 6.08 Å². The third kappa shape index (κ3) is 4.11. The number of fused-ring (bicyclic) bond motifs is 2. The number of aromatic nitrogens is 1. The van der Waals surface area contributed by atoms with Gasteiger partial charge in [-0.15, -0.1) is 0 Å². The monoisotopic (exact) mass is 512 g/mol. The molecule has 2 aliphatic heterocycles. The highest BCUT2D eigenvalue weighted by molar-refractivity contribution is 7.07. The highest BCUT2D eigenvalue weighted by Crippen LogP contribution is 2.37. The number of ether oxygens (including phenoxy) is 4. The molecule has 8 nitrogen and oxygen atoms in total. The van der Waals surface area contributed by atoms with Crippen molar-refractivity contribution in [3.8, 4) is 17.2 Å². The maximum absolute atomic E-state index is 13.7. The van der Waals surface area contributed by atoms with E-state index >= 15 is 0 Å². The fourth-order valence-corrected chi connectivity index (χ4v) is 5.43. The number of rotatable bonds is 4. The molecule has 1 aromatic heterocycles. The average molecular weight is 513 g/mol. The van der Waals surface area contributed by atoms with Crippen molar-refractivity contribution in [3.63, 3.8) is 0 Å². The number of nitrogens with zero attached hydrogens (tertiary/aromatic N) is 2. The van der Waals surface area contributed by atoms with Gasteiger partial charge >= 0.3 is 5.97 Å². The van der Waals surface area contributed by atoms with Crippen molar-refractivity contribution in [1.29, 1.82) is 0 Å². The summed E-state index contributed by atoms with van der Waals surface area (Å²) < 4.78 is 23.8. The van der Waals surface area contributed by atoms with E-state index in [-0.39, 0.29) is 11.1 Å². The number of esters is 1. The lowest BCUT2D eigenvalue weighted by atomic mass is 9.95. The SMILES string of the molecule is COC(=O)C1=C(C)N=c2s/c(=C\c3ccc4c(c3)OCCO4)c(=O)n2[C@@H]1c1cc(Cl)ccc1OC. The third-order valence-electron chi connectivity index (χ3n) is 5.78. The Morgan fingerprint density at radius 2 is 1.94 bits per heavy atom. The van der Waals surface area contributed by atoms with Crippen LogP contribution >= 0.6 is 22.9 Å². The Bertz CT molecular complexity index is 1550. The minimum absolute atomic E-state index is 0.242. The molecule has 0 amide bonds. The van der Waals surface area contributed by atoms with Crippen molar-refractivity contribution in [3.05, 3.63) is 83.5 Å². The number of hydrogen-bond donors (Lipinski definition) is 0. The third-order valence-corrected chi connectivity index (χ3v) is 7.00. The van der Waals surface area contributed by atoms with Gasteiger partial charge in [0.15, 0.2) is 16.3 Å². The molecule has 0 aliphatic carbocycles. The van der Waals surface area contributed by atoms with Crippen LogP contribution in [0.15, 0.2) is 57.5 Å². The number of halogens is 1. The number of carbonyl (C=O) groups excluding carboxylic acids is 1. The Morgan fingerprint density at radius 1 is 1.17 bits per heavy atom. The molecule has 3 heterocycles. The molecule has 0 radical (unpaired) electrons. The summed E-state index contributed by atoms with van der Waals surface area (Å²) >= 11 is 7.54. The van der Waals surface area contributed by atoms with E-state index in [1.165, 1.54) is 30.1 Å². The number of hydrogen-bond acceptors (Lipinski definition) is 8. The first-order valence-electron chi connectivity index (χ1n) is 10.7. The average Bonchev–Trinajstić information content (AvgIpc) is 3.16. The molecule has 10 heteroatoms. The van der Waals surface area contributed by atoms with Crippen LogP contribution in [0.3, 0.4) is 0 Å². The maximum atomic E-state index is 13.7. The summed E-state index contributed by atoms with van der Waals surface area (Å²) in [5.41, 5.74) is 1.73. The lowest BCUT2D eigenvalue weighted by Crippen LogP contribution is -2.40. The molecule has 0 fully saturated rings. The van der Waals surface area contributed by atoms with E-state index in [0.29, 0.717) is 56.1 Å². The van der Waals surface area contributed by atoms with Gasteiger partial charge < -0.3 is 18.9 Å². The fraction of sp³-hybridized carbons (Fsp3) is 0.240. The lowest BCUT2D eigenvalue weighted by molar-refractivity contribution is -0.136. The van der Waals surface area contributed by atoms with Gasteiger partial charge in [0.05, 0.1) is 30.0 Å². The van der Waals surface area contributed by atoms with Gasteiger partial charge in [-0.3, -0.25) is 9.36 Å². The van der Waals surface area contributed by atoms with Crippen LogP contribution in [0.5, 0.6) is 17.2 Å². The maximum Gasteiger partial charge on any atom is 0.338 e. The fourth-order valence-electron chi connectivity index (χ4n) is 4.21. The Labute approximate surface area is 209 Å². The van der Waals surface area contributed by atoms with E-state index in [1.807, 2.05) is 18.2 Å². The summed E-state index contributed by atoms with van der Waals surface area (Å²) in [6.45, 7) is 2.68. The topological polar surface area (TPSA) is 88.4 Å². The summed E-state index contributed by atoms with van der Waals surface area (Å²) in [7, 11) is 2.81. The molecule has 0 spiro atoms. The van der Waals surface area contributed by atoms with E-state index in [2.05, 4.69) is 4.99 Å². The van der Waals surface area contributed by atoms with E-state index < -0.39 is 12.0 Å². The summed E-state index contributed by atoms with van der Waals surface area (Å²) in [6, 6.07) is 9.75. The van der Waals surface area contributed by atoms with Gasteiger partial charge in [0.25, 0.3) is 5.56 Å². The van der Waals surface area contributed by atoms with Crippen LogP contribution in [-0.4, -0.2) is 38.0 Å². The molecule has 2 aromatic carbocycles. The highest BCUT2D eigenvalue weighted by Gasteiger charge is 2.35. The van der Waals surface area contributed by atoms with E-state index in [9.17, 15) is 9.59 Å². The van der Waals surface area contributed by atoms with Gasteiger partial charge in [-0.25, -0.2) is 9.79 Å². The van der Waals surface area contributed by atoms with E-state index in [4.69, 9.17) is 30.5 Å². The van der Waals surface area contributed by atoms with Crippen LogP contribution in [0.1, 0.15) is 24.1 Å². The second kappa shape index (κ2) is 9.24. The summed E-state index contributed by atoms with van der Waals surface area (Å²) in [6.07, 6.45) is 1.77. The number of benzene rings is 2. The largest absolute Gasteiger partial charge is 0.496 e. The van der Waals surface area contributed by atoms with Crippen LogP contribution < -0.4 is 29.1 Å². The Morgan fingerprint density at radius 3 is 2.69 bits per heavy atom.